The van der Waals surface area contributed by atoms with Crippen LogP contribution in [0, 0.1) is 11.8 Å². The van der Waals surface area contributed by atoms with E-state index in [4.69, 9.17) is 14.6 Å². The number of nitrogens with zero attached hydrogens (tertiary/aromatic N) is 1. The third-order valence-corrected chi connectivity index (χ3v) is 4.81. The van der Waals surface area contributed by atoms with Crippen LogP contribution in [0.4, 0.5) is 0 Å². The van der Waals surface area contributed by atoms with Crippen LogP contribution < -0.4 is 9.47 Å². The molecule has 0 amide bonds. The van der Waals surface area contributed by atoms with Crippen LogP contribution in [0.2, 0.25) is 0 Å². The smallest absolute Gasteiger partial charge is 0.317 e. The van der Waals surface area contributed by atoms with Crippen LogP contribution in [0.15, 0.2) is 42.5 Å². The molecule has 0 aliphatic carbocycles. The van der Waals surface area contributed by atoms with Gasteiger partial charge < -0.3 is 14.6 Å². The Balaban J connectivity index is 1.42. The Bertz CT molecular complexity index is 918. The van der Waals surface area contributed by atoms with Gasteiger partial charge in [0.25, 0.3) is 0 Å². The van der Waals surface area contributed by atoms with Crippen molar-refractivity contribution in [2.45, 2.75) is 18.9 Å². The van der Waals surface area contributed by atoms with Crippen LogP contribution >= 0.6 is 0 Å². The van der Waals surface area contributed by atoms with Crippen molar-refractivity contribution in [2.75, 3.05) is 26.2 Å². The van der Waals surface area contributed by atoms with Crippen LogP contribution in [-0.4, -0.2) is 47.8 Å². The van der Waals surface area contributed by atoms with Crippen molar-refractivity contribution >= 4 is 5.97 Å². The third-order valence-electron chi connectivity index (χ3n) is 4.81. The van der Waals surface area contributed by atoms with Gasteiger partial charge in [0.15, 0.2) is 0 Å². The molecule has 27 heavy (non-hydrogen) atoms. The van der Waals surface area contributed by atoms with Crippen LogP contribution in [0.3, 0.4) is 0 Å². The number of fused-ring (bicyclic) bond motifs is 1. The molecule has 0 radical (unpaired) electrons. The average molecular weight is 363 g/mol. The molecule has 1 N–H and O–H groups in total. The van der Waals surface area contributed by atoms with E-state index in [1.807, 2.05) is 48.2 Å². The number of hydrogen-bond donors (Lipinski definition) is 1. The first-order valence-corrected chi connectivity index (χ1v) is 9.06. The molecule has 1 saturated heterocycles. The predicted molar refractivity (Wildman–Crippen MR) is 101 cm³/mol. The first-order valence-electron chi connectivity index (χ1n) is 9.06. The molecule has 5 nitrogen and oxygen atoms in total. The van der Waals surface area contributed by atoms with Crippen molar-refractivity contribution in [3.8, 4) is 23.3 Å². The summed E-state index contributed by atoms with van der Waals surface area (Å²) >= 11 is 0. The number of hydrogen-bond acceptors (Lipinski definition) is 4. The van der Waals surface area contributed by atoms with Gasteiger partial charge in [-0.2, -0.15) is 0 Å². The lowest BCUT2D eigenvalue weighted by Gasteiger charge is -2.46. The van der Waals surface area contributed by atoms with Gasteiger partial charge in [-0.25, -0.2) is 0 Å². The minimum Gasteiger partial charge on any atom is -0.494 e. The van der Waals surface area contributed by atoms with E-state index in [0.29, 0.717) is 19.7 Å². The summed E-state index contributed by atoms with van der Waals surface area (Å²) in [6, 6.07) is 13.8. The molecule has 1 spiro atoms. The maximum Gasteiger partial charge on any atom is 0.317 e. The Morgan fingerprint density at radius 3 is 2.59 bits per heavy atom. The molecule has 0 atom stereocenters. The Morgan fingerprint density at radius 2 is 1.89 bits per heavy atom. The number of carboxylic acids is 1. The lowest BCUT2D eigenvalue weighted by Crippen LogP contribution is -2.65. The van der Waals surface area contributed by atoms with Gasteiger partial charge >= 0.3 is 5.97 Å². The van der Waals surface area contributed by atoms with Gasteiger partial charge in [-0.15, -0.1) is 0 Å². The van der Waals surface area contributed by atoms with E-state index in [2.05, 4.69) is 17.9 Å². The maximum atomic E-state index is 10.8. The Kier molecular flexibility index (Phi) is 4.51. The van der Waals surface area contributed by atoms with Gasteiger partial charge in [0.1, 0.15) is 17.1 Å². The number of aliphatic carboxylic acids is 1. The van der Waals surface area contributed by atoms with Crippen LogP contribution in [0.1, 0.15) is 23.6 Å². The summed E-state index contributed by atoms with van der Waals surface area (Å²) in [5, 5.41) is 8.88. The SMILES string of the molecule is CCOc1ccc(C#Cc2ccc3c(c2)OC2(C3)CN(CC(=O)O)C2)cc1. The van der Waals surface area contributed by atoms with E-state index < -0.39 is 5.97 Å². The highest BCUT2D eigenvalue weighted by molar-refractivity contribution is 5.69. The summed E-state index contributed by atoms with van der Waals surface area (Å²) < 4.78 is 11.6. The van der Waals surface area contributed by atoms with Gasteiger partial charge in [-0.1, -0.05) is 17.9 Å². The summed E-state index contributed by atoms with van der Waals surface area (Å²) in [6.07, 6.45) is 0.824. The summed E-state index contributed by atoms with van der Waals surface area (Å²) in [7, 11) is 0. The lowest BCUT2D eigenvalue weighted by atomic mass is 9.89. The zero-order valence-corrected chi connectivity index (χ0v) is 15.2. The molecular formula is C22H21NO4. The Labute approximate surface area is 158 Å². The fourth-order valence-electron chi connectivity index (χ4n) is 3.68. The molecule has 0 aromatic heterocycles. The van der Waals surface area contributed by atoms with Crippen molar-refractivity contribution in [3.63, 3.8) is 0 Å². The van der Waals surface area contributed by atoms with Crippen molar-refractivity contribution in [1.29, 1.82) is 0 Å². The van der Waals surface area contributed by atoms with Crippen LogP contribution in [-0.2, 0) is 11.2 Å². The van der Waals surface area contributed by atoms with E-state index >= 15 is 0 Å². The largest absolute Gasteiger partial charge is 0.494 e. The van der Waals surface area contributed by atoms with Crippen molar-refractivity contribution in [2.24, 2.45) is 0 Å². The second-order valence-electron chi connectivity index (χ2n) is 7.03. The number of rotatable bonds is 4. The Morgan fingerprint density at radius 1 is 1.19 bits per heavy atom. The molecule has 0 saturated carbocycles. The summed E-state index contributed by atoms with van der Waals surface area (Å²) in [5.41, 5.74) is 2.73. The quantitative estimate of drug-likeness (QED) is 0.846. The fraction of sp³-hybridized carbons (Fsp3) is 0.318. The van der Waals surface area contributed by atoms with Gasteiger partial charge in [0.2, 0.25) is 0 Å². The molecule has 2 aromatic rings. The minimum atomic E-state index is -0.799. The average Bonchev–Trinajstić information content (AvgIpc) is 2.99. The molecule has 4 rings (SSSR count). The first-order chi connectivity index (χ1) is 13.0. The van der Waals surface area contributed by atoms with Gasteiger partial charge in [0, 0.05) is 30.6 Å². The highest BCUT2D eigenvalue weighted by Gasteiger charge is 2.49. The first kappa shape index (κ1) is 17.4. The molecule has 0 unspecified atom stereocenters. The summed E-state index contributed by atoms with van der Waals surface area (Å²) in [4.78, 5) is 12.7. The third kappa shape index (κ3) is 3.76. The molecule has 138 valence electrons. The van der Waals surface area contributed by atoms with Gasteiger partial charge in [-0.05, 0) is 48.9 Å². The molecule has 2 aromatic carbocycles. The molecular weight excluding hydrogens is 342 g/mol. The molecule has 2 heterocycles. The minimum absolute atomic E-state index is 0.0697. The summed E-state index contributed by atoms with van der Waals surface area (Å²) in [5.74, 6) is 7.26. The number of carbonyl (C=O) groups is 1. The van der Waals surface area contributed by atoms with Crippen molar-refractivity contribution in [3.05, 3.63) is 59.2 Å². The van der Waals surface area contributed by atoms with E-state index in [-0.39, 0.29) is 12.1 Å². The summed E-state index contributed by atoms with van der Waals surface area (Å²) in [6.45, 7) is 3.99. The monoisotopic (exact) mass is 363 g/mol. The second-order valence-corrected chi connectivity index (χ2v) is 7.03. The highest BCUT2D eigenvalue weighted by Crippen LogP contribution is 2.40. The second kappa shape index (κ2) is 6.98. The molecule has 5 heteroatoms. The van der Waals surface area contributed by atoms with Gasteiger partial charge in [-0.3, -0.25) is 9.69 Å². The standard InChI is InChI=1S/C22H21NO4/c1-2-26-19-9-6-16(7-10-19)3-4-17-5-8-18-12-22(27-20(18)11-17)14-23(15-22)13-21(24)25/h5-11H,2,12-15H2,1H3,(H,24,25). The zero-order chi connectivity index (χ0) is 18.9. The predicted octanol–water partition coefficient (Wildman–Crippen LogP) is 2.56. The molecule has 0 bridgehead atoms. The number of likely N-dealkylation sites (tertiary alicyclic amines) is 1. The highest BCUT2D eigenvalue weighted by atomic mass is 16.5. The molecule has 2 aliphatic rings. The van der Waals surface area contributed by atoms with Crippen LogP contribution in [0.25, 0.3) is 0 Å². The van der Waals surface area contributed by atoms with E-state index in [0.717, 1.165) is 34.6 Å². The fourth-order valence-corrected chi connectivity index (χ4v) is 3.68. The number of benzene rings is 2. The number of ether oxygens (including phenoxy) is 2. The molecule has 2 aliphatic heterocycles. The van der Waals surface area contributed by atoms with E-state index in [1.165, 1.54) is 0 Å². The molecule has 1 fully saturated rings. The van der Waals surface area contributed by atoms with Gasteiger partial charge in [0.05, 0.1) is 13.2 Å². The Hall–Kier alpha value is -2.97. The van der Waals surface area contributed by atoms with Crippen molar-refractivity contribution < 1.29 is 19.4 Å². The number of carboxylic acid groups (broad SMARTS) is 1. The lowest BCUT2D eigenvalue weighted by molar-refractivity contribution is -0.143. The van der Waals surface area contributed by atoms with E-state index in [9.17, 15) is 4.79 Å². The maximum absolute atomic E-state index is 10.8. The normalized spacial score (nSPS) is 16.6. The topological polar surface area (TPSA) is 59.0 Å². The van der Waals surface area contributed by atoms with E-state index in [1.54, 1.807) is 0 Å². The van der Waals surface area contributed by atoms with Crippen molar-refractivity contribution in [1.82, 2.24) is 4.90 Å². The zero-order valence-electron chi connectivity index (χ0n) is 15.2. The van der Waals surface area contributed by atoms with Crippen LogP contribution in [0.5, 0.6) is 11.5 Å².